The standard InChI is InChI=1S/C15H17NO3S/c1-3-6-11-10-7-4-5-8-12(10)20-13(11)14(17)16-9(2)15(18)19/h4-5,7-9H,3,6H2,1-2H3,(H,16,17)(H,18,19). The zero-order valence-electron chi connectivity index (χ0n) is 11.5. The summed E-state index contributed by atoms with van der Waals surface area (Å²) in [6.45, 7) is 3.53. The Bertz CT molecular complexity index is 648. The van der Waals surface area contributed by atoms with Gasteiger partial charge in [-0.1, -0.05) is 31.5 Å². The van der Waals surface area contributed by atoms with Crippen LogP contribution >= 0.6 is 11.3 Å². The molecule has 4 nitrogen and oxygen atoms in total. The summed E-state index contributed by atoms with van der Waals surface area (Å²) in [5, 5.41) is 12.5. The van der Waals surface area contributed by atoms with Crippen LogP contribution in [0, 0.1) is 0 Å². The number of fused-ring (bicyclic) bond motifs is 1. The molecule has 1 heterocycles. The third kappa shape index (κ3) is 2.82. The molecule has 0 radical (unpaired) electrons. The molecule has 0 saturated heterocycles. The maximum absolute atomic E-state index is 12.3. The highest BCUT2D eigenvalue weighted by molar-refractivity contribution is 7.21. The van der Waals surface area contributed by atoms with E-state index in [4.69, 9.17) is 5.11 Å². The molecule has 5 heteroatoms. The third-order valence-corrected chi connectivity index (χ3v) is 4.33. The number of benzene rings is 1. The van der Waals surface area contributed by atoms with Crippen molar-refractivity contribution in [2.75, 3.05) is 0 Å². The smallest absolute Gasteiger partial charge is 0.325 e. The molecule has 0 fully saturated rings. The van der Waals surface area contributed by atoms with E-state index in [1.807, 2.05) is 24.3 Å². The zero-order chi connectivity index (χ0) is 14.7. The Morgan fingerprint density at radius 1 is 1.35 bits per heavy atom. The van der Waals surface area contributed by atoms with Crippen LogP contribution in [0.2, 0.25) is 0 Å². The first-order chi connectivity index (χ1) is 9.54. The van der Waals surface area contributed by atoms with E-state index in [2.05, 4.69) is 12.2 Å². The Balaban J connectivity index is 2.39. The van der Waals surface area contributed by atoms with Gasteiger partial charge in [0, 0.05) is 4.70 Å². The van der Waals surface area contributed by atoms with Crippen LogP contribution < -0.4 is 5.32 Å². The first-order valence-corrected chi connectivity index (χ1v) is 7.40. The lowest BCUT2D eigenvalue weighted by Gasteiger charge is -2.09. The van der Waals surface area contributed by atoms with Crippen molar-refractivity contribution in [2.24, 2.45) is 0 Å². The summed E-state index contributed by atoms with van der Waals surface area (Å²) in [5.74, 6) is -1.33. The molecule has 106 valence electrons. The van der Waals surface area contributed by atoms with Crippen LogP contribution in [0.15, 0.2) is 24.3 Å². The highest BCUT2D eigenvalue weighted by atomic mass is 32.1. The number of hydrogen-bond donors (Lipinski definition) is 2. The van der Waals surface area contributed by atoms with Gasteiger partial charge in [-0.25, -0.2) is 0 Å². The molecule has 2 aromatic rings. The summed E-state index contributed by atoms with van der Waals surface area (Å²) in [4.78, 5) is 23.7. The minimum atomic E-state index is -1.03. The van der Waals surface area contributed by atoms with E-state index in [-0.39, 0.29) is 5.91 Å². The molecule has 0 bridgehead atoms. The lowest BCUT2D eigenvalue weighted by Crippen LogP contribution is -2.38. The van der Waals surface area contributed by atoms with Crippen LogP contribution in [-0.4, -0.2) is 23.0 Å². The summed E-state index contributed by atoms with van der Waals surface area (Å²) in [6, 6.07) is 7.00. The lowest BCUT2D eigenvalue weighted by atomic mass is 10.1. The van der Waals surface area contributed by atoms with E-state index in [9.17, 15) is 9.59 Å². The van der Waals surface area contributed by atoms with Crippen molar-refractivity contribution < 1.29 is 14.7 Å². The van der Waals surface area contributed by atoms with Gasteiger partial charge in [-0.15, -0.1) is 11.3 Å². The number of carbonyl (C=O) groups is 2. The Morgan fingerprint density at radius 3 is 2.70 bits per heavy atom. The average molecular weight is 291 g/mol. The first kappa shape index (κ1) is 14.5. The molecule has 2 N–H and O–H groups in total. The molecule has 1 aromatic heterocycles. The Morgan fingerprint density at radius 2 is 2.05 bits per heavy atom. The summed E-state index contributed by atoms with van der Waals surface area (Å²) in [5.41, 5.74) is 1.02. The predicted octanol–water partition coefficient (Wildman–Crippen LogP) is 3.06. The van der Waals surface area contributed by atoms with Gasteiger partial charge in [-0.05, 0) is 30.4 Å². The van der Waals surface area contributed by atoms with Crippen molar-refractivity contribution in [3.63, 3.8) is 0 Å². The van der Waals surface area contributed by atoms with Gasteiger partial charge < -0.3 is 10.4 Å². The molecule has 1 unspecified atom stereocenters. The highest BCUT2D eigenvalue weighted by Gasteiger charge is 2.21. The van der Waals surface area contributed by atoms with Crippen molar-refractivity contribution in [2.45, 2.75) is 32.7 Å². The number of carboxylic acid groups (broad SMARTS) is 1. The summed E-state index contributed by atoms with van der Waals surface area (Å²) in [6.07, 6.45) is 1.75. The van der Waals surface area contributed by atoms with Gasteiger partial charge >= 0.3 is 5.97 Å². The lowest BCUT2D eigenvalue weighted by molar-refractivity contribution is -0.138. The van der Waals surface area contributed by atoms with Crippen molar-refractivity contribution in [1.29, 1.82) is 0 Å². The number of nitrogens with one attached hydrogen (secondary N) is 1. The maximum Gasteiger partial charge on any atom is 0.325 e. The normalized spacial score (nSPS) is 12.3. The van der Waals surface area contributed by atoms with Gasteiger partial charge in [-0.3, -0.25) is 9.59 Å². The van der Waals surface area contributed by atoms with Crippen molar-refractivity contribution in [3.8, 4) is 0 Å². The second-order valence-electron chi connectivity index (χ2n) is 4.69. The van der Waals surface area contributed by atoms with Crippen molar-refractivity contribution >= 4 is 33.3 Å². The van der Waals surface area contributed by atoms with Crippen LogP contribution in [-0.2, 0) is 11.2 Å². The number of carboxylic acids is 1. The summed E-state index contributed by atoms with van der Waals surface area (Å²) >= 11 is 1.42. The molecule has 20 heavy (non-hydrogen) atoms. The Hall–Kier alpha value is -1.88. The molecule has 1 aromatic carbocycles. The van der Waals surface area contributed by atoms with Crippen molar-refractivity contribution in [3.05, 3.63) is 34.7 Å². The van der Waals surface area contributed by atoms with E-state index >= 15 is 0 Å². The second kappa shape index (κ2) is 6.05. The van der Waals surface area contributed by atoms with E-state index in [1.54, 1.807) is 0 Å². The number of aryl methyl sites for hydroxylation is 1. The van der Waals surface area contributed by atoms with Crippen molar-refractivity contribution in [1.82, 2.24) is 5.32 Å². The van der Waals surface area contributed by atoms with Gasteiger partial charge in [0.15, 0.2) is 0 Å². The minimum Gasteiger partial charge on any atom is -0.480 e. The van der Waals surface area contributed by atoms with Gasteiger partial charge in [0.25, 0.3) is 5.91 Å². The fourth-order valence-electron chi connectivity index (χ4n) is 2.10. The zero-order valence-corrected chi connectivity index (χ0v) is 12.3. The van der Waals surface area contributed by atoms with Crippen LogP contribution in [0.3, 0.4) is 0 Å². The molecule has 0 aliphatic heterocycles. The number of carbonyl (C=O) groups excluding carboxylic acids is 1. The van der Waals surface area contributed by atoms with E-state index < -0.39 is 12.0 Å². The Kier molecular flexibility index (Phi) is 4.39. The number of hydrogen-bond acceptors (Lipinski definition) is 3. The highest BCUT2D eigenvalue weighted by Crippen LogP contribution is 2.32. The molecule has 0 spiro atoms. The molecular formula is C15H17NO3S. The summed E-state index contributed by atoms with van der Waals surface area (Å²) in [7, 11) is 0. The maximum atomic E-state index is 12.3. The van der Waals surface area contributed by atoms with E-state index in [0.717, 1.165) is 28.5 Å². The first-order valence-electron chi connectivity index (χ1n) is 6.58. The molecule has 2 rings (SSSR count). The predicted molar refractivity (Wildman–Crippen MR) is 80.4 cm³/mol. The SMILES string of the molecule is CCCc1c(C(=O)NC(C)C(=O)O)sc2ccccc12. The monoisotopic (exact) mass is 291 g/mol. The molecule has 0 aliphatic rings. The van der Waals surface area contributed by atoms with Gasteiger partial charge in [0.05, 0.1) is 4.88 Å². The quantitative estimate of drug-likeness (QED) is 0.889. The molecule has 0 aliphatic carbocycles. The number of rotatable bonds is 5. The molecule has 1 atom stereocenters. The molecule has 1 amide bonds. The van der Waals surface area contributed by atoms with Crippen LogP contribution in [0.1, 0.15) is 35.5 Å². The van der Waals surface area contributed by atoms with Gasteiger partial charge in [0.2, 0.25) is 0 Å². The fourth-order valence-corrected chi connectivity index (χ4v) is 3.26. The topological polar surface area (TPSA) is 66.4 Å². The Labute approximate surface area is 121 Å². The van der Waals surface area contributed by atoms with Crippen LogP contribution in [0.25, 0.3) is 10.1 Å². The average Bonchev–Trinajstić information content (AvgIpc) is 2.78. The number of amides is 1. The molecule has 0 saturated carbocycles. The summed E-state index contributed by atoms with van der Waals surface area (Å²) < 4.78 is 1.06. The number of thiophene rings is 1. The second-order valence-corrected chi connectivity index (χ2v) is 5.74. The third-order valence-electron chi connectivity index (χ3n) is 3.12. The van der Waals surface area contributed by atoms with Crippen LogP contribution in [0.5, 0.6) is 0 Å². The van der Waals surface area contributed by atoms with Gasteiger partial charge in [-0.2, -0.15) is 0 Å². The van der Waals surface area contributed by atoms with E-state index in [1.165, 1.54) is 18.3 Å². The van der Waals surface area contributed by atoms with E-state index in [0.29, 0.717) is 4.88 Å². The number of aliphatic carboxylic acids is 1. The fraction of sp³-hybridized carbons (Fsp3) is 0.333. The molecular weight excluding hydrogens is 274 g/mol. The minimum absolute atomic E-state index is 0.301. The largest absolute Gasteiger partial charge is 0.480 e. The van der Waals surface area contributed by atoms with Crippen LogP contribution in [0.4, 0.5) is 0 Å². The van der Waals surface area contributed by atoms with Gasteiger partial charge in [0.1, 0.15) is 6.04 Å².